The summed E-state index contributed by atoms with van der Waals surface area (Å²) < 4.78 is 7.08. The Hall–Kier alpha value is -3.33. The minimum absolute atomic E-state index is 0.0958. The lowest BCUT2D eigenvalue weighted by Crippen LogP contribution is -2.05. The number of hydrogen-bond acceptors (Lipinski definition) is 4. The third kappa shape index (κ3) is 2.85. The van der Waals surface area contributed by atoms with Crippen molar-refractivity contribution >= 4 is 11.6 Å². The molecule has 23 heavy (non-hydrogen) atoms. The number of pyridine rings is 1. The summed E-state index contributed by atoms with van der Waals surface area (Å²) in [6.07, 6.45) is 1.58. The summed E-state index contributed by atoms with van der Waals surface area (Å²) in [6, 6.07) is 14.7. The second kappa shape index (κ2) is 6.20. The molecule has 0 aliphatic carbocycles. The molecule has 2 heterocycles. The van der Waals surface area contributed by atoms with Gasteiger partial charge in [-0.2, -0.15) is 5.26 Å². The first-order chi connectivity index (χ1) is 11.2. The number of hydrogen-bond donors (Lipinski definition) is 1. The van der Waals surface area contributed by atoms with Gasteiger partial charge in [-0.3, -0.25) is 9.20 Å². The summed E-state index contributed by atoms with van der Waals surface area (Å²) in [6.45, 7) is -0.0958. The number of benzene rings is 1. The molecule has 0 spiro atoms. The second-order valence-electron chi connectivity index (χ2n) is 4.86. The number of imidazole rings is 1. The first-order valence-electron chi connectivity index (χ1n) is 6.97. The van der Waals surface area contributed by atoms with Gasteiger partial charge >= 0.3 is 5.97 Å². The summed E-state index contributed by atoms with van der Waals surface area (Å²) >= 11 is 0. The number of nitriles is 1. The van der Waals surface area contributed by atoms with E-state index in [2.05, 4.69) is 4.98 Å². The summed E-state index contributed by atoms with van der Waals surface area (Å²) in [5.74, 6) is -0.491. The lowest BCUT2D eigenvalue weighted by Gasteiger charge is -2.05. The fraction of sp³-hybridized carbons (Fsp3) is 0.118. The van der Waals surface area contributed by atoms with Crippen LogP contribution in [0.4, 0.5) is 0 Å². The number of fused-ring (bicyclic) bond motifs is 1. The van der Waals surface area contributed by atoms with E-state index in [1.807, 2.05) is 36.4 Å². The zero-order valence-electron chi connectivity index (χ0n) is 12.1. The minimum atomic E-state index is -0.938. The Morgan fingerprint density at radius 3 is 2.74 bits per heavy atom. The van der Waals surface area contributed by atoms with Crippen LogP contribution in [0.25, 0.3) is 16.9 Å². The van der Waals surface area contributed by atoms with Crippen molar-refractivity contribution in [3.05, 3.63) is 54.4 Å². The highest BCUT2D eigenvalue weighted by Gasteiger charge is 2.18. The van der Waals surface area contributed by atoms with Gasteiger partial charge in [-0.15, -0.1) is 0 Å². The summed E-state index contributed by atoms with van der Waals surface area (Å²) in [4.78, 5) is 15.8. The van der Waals surface area contributed by atoms with Gasteiger partial charge in [0.2, 0.25) is 0 Å². The van der Waals surface area contributed by atoms with E-state index in [4.69, 9.17) is 10.00 Å². The lowest BCUT2D eigenvalue weighted by molar-refractivity contribution is -0.136. The van der Waals surface area contributed by atoms with Gasteiger partial charge in [0, 0.05) is 11.8 Å². The molecule has 114 valence electrons. The van der Waals surface area contributed by atoms with Gasteiger partial charge in [0.1, 0.15) is 6.07 Å². The van der Waals surface area contributed by atoms with Crippen LogP contribution < -0.4 is 4.74 Å². The van der Waals surface area contributed by atoms with Crippen LogP contribution in [0.3, 0.4) is 0 Å². The molecule has 0 unspecified atom stereocenters. The molecule has 0 amide bonds. The molecule has 0 saturated carbocycles. The number of aromatic nitrogens is 2. The number of aliphatic carboxylic acids is 1. The van der Waals surface area contributed by atoms with Crippen LogP contribution >= 0.6 is 0 Å². The predicted molar refractivity (Wildman–Crippen MR) is 83.1 cm³/mol. The quantitative estimate of drug-likeness (QED) is 0.782. The van der Waals surface area contributed by atoms with Gasteiger partial charge in [0.05, 0.1) is 17.8 Å². The third-order valence-corrected chi connectivity index (χ3v) is 3.37. The van der Waals surface area contributed by atoms with E-state index in [9.17, 15) is 9.90 Å². The van der Waals surface area contributed by atoms with Gasteiger partial charge in [-0.05, 0) is 12.1 Å². The van der Waals surface area contributed by atoms with Crippen LogP contribution in [-0.2, 0) is 11.2 Å². The van der Waals surface area contributed by atoms with Crippen molar-refractivity contribution in [3.8, 4) is 23.1 Å². The Balaban J connectivity index is 2.22. The maximum atomic E-state index is 11.2. The summed E-state index contributed by atoms with van der Waals surface area (Å²) in [5.41, 5.74) is 2.50. The van der Waals surface area contributed by atoms with Crippen molar-refractivity contribution in [2.45, 2.75) is 6.42 Å². The first-order valence-corrected chi connectivity index (χ1v) is 6.97. The van der Waals surface area contributed by atoms with Crippen molar-refractivity contribution in [1.29, 1.82) is 5.26 Å². The average molecular weight is 307 g/mol. The van der Waals surface area contributed by atoms with Crippen LogP contribution in [0, 0.1) is 11.3 Å². The second-order valence-corrected chi connectivity index (χ2v) is 4.86. The molecular formula is C17H13N3O3. The number of rotatable bonds is 5. The van der Waals surface area contributed by atoms with Gasteiger partial charge in [-0.25, -0.2) is 4.98 Å². The molecule has 0 saturated heterocycles. The molecule has 0 aliphatic heterocycles. The maximum Gasteiger partial charge on any atom is 0.309 e. The molecule has 0 radical (unpaired) electrons. The van der Waals surface area contributed by atoms with Crippen molar-refractivity contribution in [1.82, 2.24) is 9.38 Å². The van der Waals surface area contributed by atoms with E-state index in [0.29, 0.717) is 22.8 Å². The Kier molecular flexibility index (Phi) is 3.93. The number of carbonyl (C=O) groups is 1. The van der Waals surface area contributed by atoms with Crippen LogP contribution in [-0.4, -0.2) is 27.1 Å². The first kappa shape index (κ1) is 14.6. The van der Waals surface area contributed by atoms with Crippen LogP contribution in [0.2, 0.25) is 0 Å². The fourth-order valence-electron chi connectivity index (χ4n) is 2.45. The van der Waals surface area contributed by atoms with Crippen LogP contribution in [0.1, 0.15) is 5.69 Å². The Morgan fingerprint density at radius 1 is 1.26 bits per heavy atom. The smallest absolute Gasteiger partial charge is 0.309 e. The molecule has 6 heteroatoms. The maximum absolute atomic E-state index is 11.2. The zero-order chi connectivity index (χ0) is 16.2. The van der Waals surface area contributed by atoms with E-state index in [-0.39, 0.29) is 13.0 Å². The highest BCUT2D eigenvalue weighted by atomic mass is 16.5. The van der Waals surface area contributed by atoms with Crippen LogP contribution in [0.5, 0.6) is 5.75 Å². The molecular weight excluding hydrogens is 294 g/mol. The normalized spacial score (nSPS) is 10.4. The number of nitrogens with zero attached hydrogens (tertiary/aromatic N) is 3. The Bertz CT molecular complexity index is 895. The van der Waals surface area contributed by atoms with E-state index < -0.39 is 5.97 Å². The molecule has 6 nitrogen and oxygen atoms in total. The molecule has 2 aromatic heterocycles. The van der Waals surface area contributed by atoms with Crippen molar-refractivity contribution < 1.29 is 14.6 Å². The average Bonchev–Trinajstić information content (AvgIpc) is 2.92. The highest BCUT2D eigenvalue weighted by Crippen LogP contribution is 2.29. The molecule has 0 fully saturated rings. The fourth-order valence-corrected chi connectivity index (χ4v) is 2.45. The standard InChI is InChI=1S/C17H13N3O3/c18-8-10-23-14-7-4-9-20-13(11-15(21)22)16(19-17(14)20)12-5-2-1-3-6-12/h1-7,9H,10-11H2,(H,21,22). The molecule has 1 N–H and O–H groups in total. The molecule has 0 atom stereocenters. The molecule has 1 aromatic carbocycles. The summed E-state index contributed by atoms with van der Waals surface area (Å²) in [5, 5.41) is 17.9. The van der Waals surface area contributed by atoms with Crippen molar-refractivity contribution in [2.75, 3.05) is 6.61 Å². The molecule has 0 bridgehead atoms. The van der Waals surface area contributed by atoms with E-state index in [1.165, 1.54) is 0 Å². The molecule has 3 rings (SSSR count). The lowest BCUT2D eigenvalue weighted by atomic mass is 10.1. The predicted octanol–water partition coefficient (Wildman–Crippen LogP) is 2.53. The number of carboxylic acid groups (broad SMARTS) is 1. The molecule has 3 aromatic rings. The SMILES string of the molecule is N#CCOc1cccn2c(CC(=O)O)c(-c3ccccc3)nc12. The van der Waals surface area contributed by atoms with Gasteiger partial charge < -0.3 is 9.84 Å². The Morgan fingerprint density at radius 2 is 2.04 bits per heavy atom. The van der Waals surface area contributed by atoms with Crippen molar-refractivity contribution in [3.63, 3.8) is 0 Å². The van der Waals surface area contributed by atoms with E-state index in [0.717, 1.165) is 5.56 Å². The zero-order valence-corrected chi connectivity index (χ0v) is 12.1. The highest BCUT2D eigenvalue weighted by molar-refractivity contribution is 5.77. The minimum Gasteiger partial charge on any atom is -0.481 e. The van der Waals surface area contributed by atoms with Gasteiger partial charge in [0.15, 0.2) is 18.0 Å². The number of carboxylic acids is 1. The largest absolute Gasteiger partial charge is 0.481 e. The van der Waals surface area contributed by atoms with Gasteiger partial charge in [0.25, 0.3) is 0 Å². The van der Waals surface area contributed by atoms with Gasteiger partial charge in [-0.1, -0.05) is 30.3 Å². The topological polar surface area (TPSA) is 87.6 Å². The number of ether oxygens (including phenoxy) is 1. The molecule has 0 aliphatic rings. The summed E-state index contributed by atoms with van der Waals surface area (Å²) in [7, 11) is 0. The monoisotopic (exact) mass is 307 g/mol. The van der Waals surface area contributed by atoms with E-state index >= 15 is 0 Å². The van der Waals surface area contributed by atoms with Crippen molar-refractivity contribution in [2.24, 2.45) is 0 Å². The Labute approximate surface area is 132 Å². The third-order valence-electron chi connectivity index (χ3n) is 3.37. The van der Waals surface area contributed by atoms with E-state index in [1.54, 1.807) is 22.7 Å². The van der Waals surface area contributed by atoms with Crippen LogP contribution in [0.15, 0.2) is 48.7 Å².